The van der Waals surface area contributed by atoms with Crippen LogP contribution < -0.4 is 5.32 Å². The van der Waals surface area contributed by atoms with E-state index in [0.29, 0.717) is 6.42 Å². The molecule has 0 fully saturated rings. The highest BCUT2D eigenvalue weighted by Gasteiger charge is 2.36. The first-order chi connectivity index (χ1) is 17.1. The molecule has 0 unspecified atom stereocenters. The number of hydrogen-bond acceptors (Lipinski definition) is 8. The third-order valence-electron chi connectivity index (χ3n) is 6.38. The standard InChI is InChI=1S/C27H53NO8/c1-4-23(36-27(35)26(34)25(33)24(32)21(30)19-29)28-22(31)18-16-14-12-10-8-6-5-7-9-11-13-15-17-20(2)3/h20-21,23-26,29-30,32-34H,4-19H2,1-3H3,(H,28,31)/t21-,23+,24-,25+,26-/m1/s1. The Morgan fingerprint density at radius 3 is 1.67 bits per heavy atom. The zero-order chi connectivity index (χ0) is 27.3. The van der Waals surface area contributed by atoms with Gasteiger partial charge in [0.15, 0.2) is 12.3 Å². The summed E-state index contributed by atoms with van der Waals surface area (Å²) in [5, 5.41) is 49.9. The Labute approximate surface area is 217 Å². The highest BCUT2D eigenvalue weighted by Crippen LogP contribution is 2.14. The van der Waals surface area contributed by atoms with Gasteiger partial charge in [-0.1, -0.05) is 97.8 Å². The van der Waals surface area contributed by atoms with Gasteiger partial charge in [0.1, 0.15) is 18.3 Å². The van der Waals surface area contributed by atoms with Crippen molar-refractivity contribution in [3.63, 3.8) is 0 Å². The van der Waals surface area contributed by atoms with Crippen LogP contribution in [0.2, 0.25) is 0 Å². The van der Waals surface area contributed by atoms with Gasteiger partial charge < -0.3 is 35.6 Å². The Bertz CT molecular complexity index is 560. The number of amides is 1. The summed E-state index contributed by atoms with van der Waals surface area (Å²) in [6.45, 7) is 5.39. The van der Waals surface area contributed by atoms with Crippen LogP contribution in [0.3, 0.4) is 0 Å². The third kappa shape index (κ3) is 17.2. The molecule has 9 nitrogen and oxygen atoms in total. The summed E-state index contributed by atoms with van der Waals surface area (Å²) in [4.78, 5) is 24.2. The lowest BCUT2D eigenvalue weighted by Crippen LogP contribution is -2.50. The highest BCUT2D eigenvalue weighted by molar-refractivity contribution is 5.78. The minimum Gasteiger partial charge on any atom is -0.440 e. The van der Waals surface area contributed by atoms with E-state index < -0.39 is 43.2 Å². The summed E-state index contributed by atoms with van der Waals surface area (Å²) in [6.07, 6.45) is 7.55. The van der Waals surface area contributed by atoms with Gasteiger partial charge in [0.25, 0.3) is 0 Å². The number of ether oxygens (including phenoxy) is 1. The lowest BCUT2D eigenvalue weighted by molar-refractivity contribution is -0.177. The average Bonchev–Trinajstić information content (AvgIpc) is 2.86. The van der Waals surface area contributed by atoms with E-state index in [4.69, 9.17) is 9.84 Å². The maximum Gasteiger partial charge on any atom is 0.339 e. The molecule has 0 aliphatic carbocycles. The predicted molar refractivity (Wildman–Crippen MR) is 139 cm³/mol. The minimum atomic E-state index is -2.14. The van der Waals surface area contributed by atoms with E-state index in [1.54, 1.807) is 6.92 Å². The molecule has 0 aromatic heterocycles. The topological polar surface area (TPSA) is 157 Å². The molecule has 9 heteroatoms. The van der Waals surface area contributed by atoms with Crippen molar-refractivity contribution in [2.45, 2.75) is 148 Å². The molecule has 0 saturated heterocycles. The van der Waals surface area contributed by atoms with Crippen LogP contribution in [0.15, 0.2) is 0 Å². The maximum atomic E-state index is 12.2. The number of aliphatic hydroxyl groups excluding tert-OH is 5. The van der Waals surface area contributed by atoms with Crippen molar-refractivity contribution in [2.24, 2.45) is 5.92 Å². The van der Waals surface area contributed by atoms with Crippen molar-refractivity contribution in [3.05, 3.63) is 0 Å². The van der Waals surface area contributed by atoms with Gasteiger partial charge in [-0.25, -0.2) is 4.79 Å². The Hall–Kier alpha value is -1.26. The van der Waals surface area contributed by atoms with E-state index >= 15 is 0 Å². The van der Waals surface area contributed by atoms with Crippen LogP contribution in [0.1, 0.15) is 117 Å². The lowest BCUT2D eigenvalue weighted by Gasteiger charge is -2.26. The second kappa shape index (κ2) is 21.8. The van der Waals surface area contributed by atoms with Crippen LogP contribution in [0.25, 0.3) is 0 Å². The van der Waals surface area contributed by atoms with Crippen molar-refractivity contribution in [2.75, 3.05) is 6.61 Å². The van der Waals surface area contributed by atoms with Crippen molar-refractivity contribution in [3.8, 4) is 0 Å². The molecule has 0 aliphatic rings. The second-order valence-corrected chi connectivity index (χ2v) is 10.3. The van der Waals surface area contributed by atoms with Crippen LogP contribution in [0.4, 0.5) is 0 Å². The Morgan fingerprint density at radius 1 is 0.750 bits per heavy atom. The molecule has 5 atom stereocenters. The van der Waals surface area contributed by atoms with E-state index in [0.717, 1.165) is 25.2 Å². The van der Waals surface area contributed by atoms with Gasteiger partial charge in [0, 0.05) is 12.8 Å². The first-order valence-electron chi connectivity index (χ1n) is 14.0. The summed E-state index contributed by atoms with van der Waals surface area (Å²) in [6, 6.07) is 0. The monoisotopic (exact) mass is 519 g/mol. The largest absolute Gasteiger partial charge is 0.440 e. The van der Waals surface area contributed by atoms with Crippen molar-refractivity contribution >= 4 is 11.9 Å². The van der Waals surface area contributed by atoms with Gasteiger partial charge in [0.2, 0.25) is 5.91 Å². The smallest absolute Gasteiger partial charge is 0.339 e. The van der Waals surface area contributed by atoms with E-state index in [9.17, 15) is 30.0 Å². The first-order valence-corrected chi connectivity index (χ1v) is 14.0. The van der Waals surface area contributed by atoms with E-state index in [1.807, 2.05) is 0 Å². The molecule has 6 N–H and O–H groups in total. The van der Waals surface area contributed by atoms with Gasteiger partial charge in [-0.2, -0.15) is 0 Å². The molecule has 0 aliphatic heterocycles. The van der Waals surface area contributed by atoms with Crippen LogP contribution in [0.5, 0.6) is 0 Å². The number of nitrogens with one attached hydrogen (secondary N) is 1. The summed E-state index contributed by atoms with van der Waals surface area (Å²) >= 11 is 0. The fourth-order valence-electron chi connectivity index (χ4n) is 3.94. The number of carbonyl (C=O) groups excluding carboxylic acids is 2. The number of unbranched alkanes of at least 4 members (excludes halogenated alkanes) is 11. The van der Waals surface area contributed by atoms with Crippen LogP contribution >= 0.6 is 0 Å². The number of carbonyl (C=O) groups is 2. The summed E-state index contributed by atoms with van der Waals surface area (Å²) in [7, 11) is 0. The summed E-state index contributed by atoms with van der Waals surface area (Å²) in [5.41, 5.74) is 0. The minimum absolute atomic E-state index is 0.250. The fraction of sp³-hybridized carbons (Fsp3) is 0.926. The van der Waals surface area contributed by atoms with Gasteiger partial charge in [0.05, 0.1) is 6.61 Å². The molecule has 214 valence electrons. The second-order valence-electron chi connectivity index (χ2n) is 10.3. The fourth-order valence-corrected chi connectivity index (χ4v) is 3.94. The molecule has 0 bridgehead atoms. The molecule has 0 rings (SSSR count). The number of aliphatic hydroxyl groups is 5. The lowest BCUT2D eigenvalue weighted by atomic mass is 10.0. The molecule has 0 saturated carbocycles. The van der Waals surface area contributed by atoms with Gasteiger partial charge in [-0.15, -0.1) is 0 Å². The Balaban J connectivity index is 3.87. The molecule has 1 amide bonds. The van der Waals surface area contributed by atoms with Gasteiger partial charge in [-0.3, -0.25) is 4.79 Å². The molecule has 0 aromatic carbocycles. The molecule has 0 aromatic rings. The Kier molecular flexibility index (Phi) is 21.0. The molecule has 36 heavy (non-hydrogen) atoms. The maximum absolute atomic E-state index is 12.2. The van der Waals surface area contributed by atoms with Crippen LogP contribution in [0, 0.1) is 5.92 Å². The van der Waals surface area contributed by atoms with Crippen molar-refractivity contribution in [1.29, 1.82) is 0 Å². The van der Waals surface area contributed by atoms with Gasteiger partial charge >= 0.3 is 5.97 Å². The zero-order valence-corrected chi connectivity index (χ0v) is 22.7. The molecular formula is C27H53NO8. The normalized spacial score (nSPS) is 15.8. The average molecular weight is 520 g/mol. The highest BCUT2D eigenvalue weighted by atomic mass is 16.6. The SMILES string of the molecule is CC[C@@H](NC(=O)CCCCCCCCCCCCCCC(C)C)OC(=O)[C@H](O)[C@@H](O)[C@H](O)[C@H](O)CO. The zero-order valence-electron chi connectivity index (χ0n) is 22.7. The predicted octanol–water partition coefficient (Wildman–Crippen LogP) is 2.94. The van der Waals surface area contributed by atoms with Crippen molar-refractivity contribution < 1.29 is 39.9 Å². The van der Waals surface area contributed by atoms with Crippen molar-refractivity contribution in [1.82, 2.24) is 5.32 Å². The summed E-state index contributed by atoms with van der Waals surface area (Å²) in [5.74, 6) is -0.700. The molecule has 0 spiro atoms. The van der Waals surface area contributed by atoms with Gasteiger partial charge in [-0.05, 0) is 12.3 Å². The summed E-state index contributed by atoms with van der Waals surface area (Å²) < 4.78 is 5.01. The third-order valence-corrected chi connectivity index (χ3v) is 6.38. The number of hydrogen-bond donors (Lipinski definition) is 6. The molecule has 0 heterocycles. The van der Waals surface area contributed by atoms with E-state index in [1.165, 1.54) is 64.2 Å². The number of esters is 1. The van der Waals surface area contributed by atoms with E-state index in [-0.39, 0.29) is 12.3 Å². The van der Waals surface area contributed by atoms with Crippen LogP contribution in [-0.4, -0.2) is 74.7 Å². The Morgan fingerprint density at radius 2 is 1.22 bits per heavy atom. The first kappa shape index (κ1) is 34.7. The number of rotatable bonds is 23. The van der Waals surface area contributed by atoms with E-state index in [2.05, 4.69) is 19.2 Å². The molecular weight excluding hydrogens is 466 g/mol. The van der Waals surface area contributed by atoms with Crippen LogP contribution in [-0.2, 0) is 14.3 Å². The molecule has 0 radical (unpaired) electrons. The quantitative estimate of drug-likeness (QED) is 0.0683.